The Bertz CT molecular complexity index is 480. The van der Waals surface area contributed by atoms with Gasteiger partial charge in [-0.15, -0.1) is 0 Å². The summed E-state index contributed by atoms with van der Waals surface area (Å²) >= 11 is 0. The first-order chi connectivity index (χ1) is 9.00. The first kappa shape index (κ1) is 16.1. The highest BCUT2D eigenvalue weighted by molar-refractivity contribution is 5.67. The summed E-state index contributed by atoms with van der Waals surface area (Å²) in [6.07, 6.45) is -13.9. The van der Waals surface area contributed by atoms with Crippen LogP contribution < -0.4 is 4.74 Å². The zero-order chi connectivity index (χ0) is 15.6. The van der Waals surface area contributed by atoms with Crippen LogP contribution in [0.4, 0.5) is 26.3 Å². The highest BCUT2D eigenvalue weighted by Crippen LogP contribution is 2.33. The summed E-state index contributed by atoms with van der Waals surface area (Å²) in [6, 6.07) is 2.79. The Morgan fingerprint density at radius 2 is 1.80 bits per heavy atom. The standard InChI is InChI=1S/C11H8F6O3/c12-10(13,14)6-2-1-3-7(4-6)20-8(5-9(18)19)11(15,16)17/h1-4,8H,5H2,(H,18,19). The molecule has 0 fully saturated rings. The Morgan fingerprint density at radius 1 is 1.20 bits per heavy atom. The lowest BCUT2D eigenvalue weighted by Gasteiger charge is -2.20. The molecule has 0 radical (unpaired) electrons. The van der Waals surface area contributed by atoms with Crippen LogP contribution in [0.2, 0.25) is 0 Å². The van der Waals surface area contributed by atoms with Gasteiger partial charge in [0.2, 0.25) is 6.10 Å². The first-order valence-corrected chi connectivity index (χ1v) is 5.12. The second-order valence-corrected chi connectivity index (χ2v) is 3.77. The van der Waals surface area contributed by atoms with Gasteiger partial charge in [-0.25, -0.2) is 0 Å². The van der Waals surface area contributed by atoms with E-state index in [0.29, 0.717) is 12.1 Å². The smallest absolute Gasteiger partial charge is 0.425 e. The molecule has 0 heterocycles. The molecule has 1 N–H and O–H groups in total. The van der Waals surface area contributed by atoms with Gasteiger partial charge >= 0.3 is 18.3 Å². The van der Waals surface area contributed by atoms with E-state index in [2.05, 4.69) is 4.74 Å². The van der Waals surface area contributed by atoms with Crippen LogP contribution in [0.5, 0.6) is 5.75 Å². The number of ether oxygens (including phenoxy) is 1. The first-order valence-electron chi connectivity index (χ1n) is 5.12. The van der Waals surface area contributed by atoms with Crippen molar-refractivity contribution < 1.29 is 41.0 Å². The maximum absolute atomic E-state index is 12.5. The zero-order valence-electron chi connectivity index (χ0n) is 9.63. The van der Waals surface area contributed by atoms with Crippen LogP contribution in [0.3, 0.4) is 0 Å². The fourth-order valence-electron chi connectivity index (χ4n) is 1.29. The van der Waals surface area contributed by atoms with Crippen LogP contribution in [-0.2, 0) is 11.0 Å². The summed E-state index contributed by atoms with van der Waals surface area (Å²) in [5.74, 6) is -2.48. The Labute approximate surface area is 108 Å². The molecule has 1 unspecified atom stereocenters. The summed E-state index contributed by atoms with van der Waals surface area (Å²) < 4.78 is 78.9. The van der Waals surface area contributed by atoms with Crippen molar-refractivity contribution in [3.8, 4) is 5.75 Å². The molecule has 0 aliphatic carbocycles. The summed E-state index contributed by atoms with van der Waals surface area (Å²) in [6.45, 7) is 0. The fraction of sp³-hybridized carbons (Fsp3) is 0.364. The van der Waals surface area contributed by atoms with E-state index in [1.165, 1.54) is 0 Å². The lowest BCUT2D eigenvalue weighted by atomic mass is 10.2. The predicted molar refractivity (Wildman–Crippen MR) is 54.2 cm³/mol. The Hall–Kier alpha value is -1.93. The molecule has 0 bridgehead atoms. The SMILES string of the molecule is O=C(O)CC(Oc1cccc(C(F)(F)F)c1)C(F)(F)F. The van der Waals surface area contributed by atoms with Crippen molar-refractivity contribution in [3.05, 3.63) is 29.8 Å². The van der Waals surface area contributed by atoms with Gasteiger partial charge in [0.25, 0.3) is 0 Å². The largest absolute Gasteiger partial charge is 0.481 e. The molecule has 1 aromatic carbocycles. The lowest BCUT2D eigenvalue weighted by Crippen LogP contribution is -2.36. The van der Waals surface area contributed by atoms with Gasteiger partial charge in [0.05, 0.1) is 12.0 Å². The van der Waals surface area contributed by atoms with Crippen LogP contribution in [0.15, 0.2) is 24.3 Å². The molecule has 3 nitrogen and oxygen atoms in total. The minimum absolute atomic E-state index is 0.376. The molecule has 0 aromatic heterocycles. The number of hydrogen-bond acceptors (Lipinski definition) is 2. The van der Waals surface area contributed by atoms with Crippen LogP contribution in [0.25, 0.3) is 0 Å². The molecule has 112 valence electrons. The Morgan fingerprint density at radius 3 is 2.25 bits per heavy atom. The van der Waals surface area contributed by atoms with E-state index in [1.807, 2.05) is 0 Å². The topological polar surface area (TPSA) is 46.5 Å². The van der Waals surface area contributed by atoms with E-state index in [1.54, 1.807) is 0 Å². The average molecular weight is 302 g/mol. The number of alkyl halides is 6. The normalized spacial score (nSPS) is 13.9. The highest BCUT2D eigenvalue weighted by Gasteiger charge is 2.43. The number of halogens is 6. The zero-order valence-corrected chi connectivity index (χ0v) is 9.63. The van der Waals surface area contributed by atoms with E-state index in [4.69, 9.17) is 5.11 Å². The van der Waals surface area contributed by atoms with Gasteiger partial charge in [-0.2, -0.15) is 26.3 Å². The van der Waals surface area contributed by atoms with E-state index in [0.717, 1.165) is 12.1 Å². The monoisotopic (exact) mass is 302 g/mol. The van der Waals surface area contributed by atoms with E-state index >= 15 is 0 Å². The molecule has 20 heavy (non-hydrogen) atoms. The molecule has 1 aromatic rings. The van der Waals surface area contributed by atoms with Crippen molar-refractivity contribution in [3.63, 3.8) is 0 Å². The van der Waals surface area contributed by atoms with Gasteiger partial charge in [-0.3, -0.25) is 4.79 Å². The minimum atomic E-state index is -5.01. The summed E-state index contributed by atoms with van der Waals surface area (Å²) in [4.78, 5) is 10.3. The second kappa shape index (κ2) is 5.59. The van der Waals surface area contributed by atoms with Crippen molar-refractivity contribution in [1.82, 2.24) is 0 Å². The number of rotatable bonds is 4. The van der Waals surface area contributed by atoms with Crippen molar-refractivity contribution in [2.75, 3.05) is 0 Å². The summed E-state index contributed by atoms with van der Waals surface area (Å²) in [7, 11) is 0. The van der Waals surface area contributed by atoms with Crippen LogP contribution in [-0.4, -0.2) is 23.4 Å². The molecule has 0 saturated carbocycles. The van der Waals surface area contributed by atoms with Crippen LogP contribution in [0, 0.1) is 0 Å². The average Bonchev–Trinajstić information content (AvgIpc) is 2.25. The fourth-order valence-corrected chi connectivity index (χ4v) is 1.29. The molecule has 0 saturated heterocycles. The molecule has 0 aliphatic heterocycles. The number of carboxylic acid groups (broad SMARTS) is 1. The van der Waals surface area contributed by atoms with Gasteiger partial charge < -0.3 is 9.84 Å². The maximum atomic E-state index is 12.5. The third kappa shape index (κ3) is 4.63. The molecule has 0 aliphatic rings. The second-order valence-electron chi connectivity index (χ2n) is 3.77. The van der Waals surface area contributed by atoms with Crippen LogP contribution >= 0.6 is 0 Å². The van der Waals surface area contributed by atoms with Crippen molar-refractivity contribution in [2.24, 2.45) is 0 Å². The van der Waals surface area contributed by atoms with E-state index < -0.39 is 42.2 Å². The number of hydrogen-bond donors (Lipinski definition) is 1. The molecular weight excluding hydrogens is 294 g/mol. The summed E-state index contributed by atoms with van der Waals surface area (Å²) in [5.41, 5.74) is -1.19. The van der Waals surface area contributed by atoms with Crippen molar-refractivity contribution in [2.45, 2.75) is 24.9 Å². The molecule has 9 heteroatoms. The van der Waals surface area contributed by atoms with Gasteiger partial charge in [0.1, 0.15) is 5.75 Å². The van der Waals surface area contributed by atoms with Gasteiger partial charge in [-0.05, 0) is 18.2 Å². The number of carbonyl (C=O) groups is 1. The number of benzene rings is 1. The molecular formula is C11H8F6O3. The molecule has 1 rings (SSSR count). The lowest BCUT2D eigenvalue weighted by molar-refractivity contribution is -0.200. The minimum Gasteiger partial charge on any atom is -0.481 e. The molecule has 1 atom stereocenters. The van der Waals surface area contributed by atoms with Crippen molar-refractivity contribution >= 4 is 5.97 Å². The Balaban J connectivity index is 2.97. The maximum Gasteiger partial charge on any atom is 0.425 e. The van der Waals surface area contributed by atoms with Crippen LogP contribution in [0.1, 0.15) is 12.0 Å². The van der Waals surface area contributed by atoms with Crippen molar-refractivity contribution in [1.29, 1.82) is 0 Å². The molecule has 0 amide bonds. The predicted octanol–water partition coefficient (Wildman–Crippen LogP) is 3.49. The third-order valence-corrected chi connectivity index (χ3v) is 2.16. The Kier molecular flexibility index (Phi) is 4.51. The highest BCUT2D eigenvalue weighted by atomic mass is 19.4. The number of carboxylic acids is 1. The summed E-state index contributed by atoms with van der Waals surface area (Å²) in [5, 5.41) is 8.35. The van der Waals surface area contributed by atoms with E-state index in [9.17, 15) is 31.1 Å². The molecule has 0 spiro atoms. The van der Waals surface area contributed by atoms with Gasteiger partial charge in [0.15, 0.2) is 0 Å². The third-order valence-electron chi connectivity index (χ3n) is 2.16. The quantitative estimate of drug-likeness (QED) is 0.866. The number of aliphatic carboxylic acids is 1. The van der Waals surface area contributed by atoms with Gasteiger partial charge in [0, 0.05) is 0 Å². The van der Waals surface area contributed by atoms with E-state index in [-0.39, 0.29) is 0 Å². The van der Waals surface area contributed by atoms with Gasteiger partial charge in [-0.1, -0.05) is 6.07 Å².